The summed E-state index contributed by atoms with van der Waals surface area (Å²) in [5.41, 5.74) is 3.14. The van der Waals surface area contributed by atoms with Crippen molar-refractivity contribution in [2.75, 3.05) is 13.7 Å². The molecule has 26 heavy (non-hydrogen) atoms. The zero-order valence-electron chi connectivity index (χ0n) is 15.6. The van der Waals surface area contributed by atoms with Crippen molar-refractivity contribution in [3.05, 3.63) is 65.2 Å². The highest BCUT2D eigenvalue weighted by molar-refractivity contribution is 5.78. The van der Waals surface area contributed by atoms with Gasteiger partial charge in [0.1, 0.15) is 5.75 Å². The Morgan fingerprint density at radius 1 is 1.12 bits per heavy atom. The molecule has 0 aliphatic rings. The molecule has 0 saturated carbocycles. The summed E-state index contributed by atoms with van der Waals surface area (Å²) in [7, 11) is 1.61. The standard InChI is InChI=1S/C21H26N2O3/c1-16-7-6-8-18(13-16)15-23(17(2)24)12-11-21(25)22-14-19-9-4-5-10-20(19)26-3/h4-10,13H,11-12,14-15H2,1-3H3,(H,22,25). The summed E-state index contributed by atoms with van der Waals surface area (Å²) in [6, 6.07) is 15.6. The Morgan fingerprint density at radius 3 is 2.58 bits per heavy atom. The lowest BCUT2D eigenvalue weighted by atomic mass is 10.1. The number of nitrogens with one attached hydrogen (secondary N) is 1. The molecule has 138 valence electrons. The van der Waals surface area contributed by atoms with Crippen LogP contribution in [0.1, 0.15) is 30.0 Å². The fourth-order valence-electron chi connectivity index (χ4n) is 2.75. The first kappa shape index (κ1) is 19.5. The van der Waals surface area contributed by atoms with E-state index in [1.54, 1.807) is 12.0 Å². The molecule has 2 aromatic carbocycles. The van der Waals surface area contributed by atoms with E-state index in [1.165, 1.54) is 6.92 Å². The van der Waals surface area contributed by atoms with Gasteiger partial charge in [0.05, 0.1) is 7.11 Å². The molecule has 2 rings (SSSR count). The van der Waals surface area contributed by atoms with Crippen LogP contribution in [-0.2, 0) is 22.7 Å². The van der Waals surface area contributed by atoms with Crippen LogP contribution >= 0.6 is 0 Å². The van der Waals surface area contributed by atoms with Crippen molar-refractivity contribution in [1.29, 1.82) is 0 Å². The molecule has 1 N–H and O–H groups in total. The van der Waals surface area contributed by atoms with Crippen molar-refractivity contribution >= 4 is 11.8 Å². The van der Waals surface area contributed by atoms with Crippen molar-refractivity contribution in [1.82, 2.24) is 10.2 Å². The first-order valence-corrected chi connectivity index (χ1v) is 8.69. The third-order valence-corrected chi connectivity index (χ3v) is 4.18. The summed E-state index contributed by atoms with van der Waals surface area (Å²) >= 11 is 0. The van der Waals surface area contributed by atoms with Gasteiger partial charge in [-0.1, -0.05) is 48.0 Å². The molecule has 0 unspecified atom stereocenters. The highest BCUT2D eigenvalue weighted by Gasteiger charge is 2.12. The number of methoxy groups -OCH3 is 1. The summed E-state index contributed by atoms with van der Waals surface area (Å²) in [5.74, 6) is 0.619. The Balaban J connectivity index is 1.86. The number of benzene rings is 2. The average molecular weight is 354 g/mol. The van der Waals surface area contributed by atoms with Gasteiger partial charge >= 0.3 is 0 Å². The second-order valence-electron chi connectivity index (χ2n) is 6.27. The summed E-state index contributed by atoms with van der Waals surface area (Å²) in [6.45, 7) is 4.86. The molecule has 0 bridgehead atoms. The van der Waals surface area contributed by atoms with E-state index >= 15 is 0 Å². The smallest absolute Gasteiger partial charge is 0.222 e. The topological polar surface area (TPSA) is 58.6 Å². The number of rotatable bonds is 8. The lowest BCUT2D eigenvalue weighted by molar-refractivity contribution is -0.130. The molecule has 0 aliphatic carbocycles. The number of hydrogen-bond acceptors (Lipinski definition) is 3. The van der Waals surface area contributed by atoms with E-state index in [1.807, 2.05) is 49.4 Å². The van der Waals surface area contributed by atoms with Crippen LogP contribution in [-0.4, -0.2) is 30.4 Å². The number of aryl methyl sites for hydroxylation is 1. The maximum absolute atomic E-state index is 12.2. The number of nitrogens with zero attached hydrogens (tertiary/aromatic N) is 1. The van der Waals surface area contributed by atoms with Gasteiger partial charge in [-0.2, -0.15) is 0 Å². The number of amides is 2. The molecule has 2 amide bonds. The van der Waals surface area contributed by atoms with E-state index in [-0.39, 0.29) is 18.2 Å². The third-order valence-electron chi connectivity index (χ3n) is 4.18. The molecule has 0 spiro atoms. The highest BCUT2D eigenvalue weighted by atomic mass is 16.5. The van der Waals surface area contributed by atoms with Crippen LogP contribution in [0.2, 0.25) is 0 Å². The second-order valence-corrected chi connectivity index (χ2v) is 6.27. The molecule has 2 aromatic rings. The van der Waals surface area contributed by atoms with Crippen LogP contribution in [0.25, 0.3) is 0 Å². The predicted molar refractivity (Wildman–Crippen MR) is 102 cm³/mol. The third kappa shape index (κ3) is 5.92. The number of carbonyl (C=O) groups excluding carboxylic acids is 2. The Morgan fingerprint density at radius 2 is 1.88 bits per heavy atom. The number of ether oxygens (including phenoxy) is 1. The zero-order valence-corrected chi connectivity index (χ0v) is 15.6. The number of hydrogen-bond donors (Lipinski definition) is 1. The monoisotopic (exact) mass is 354 g/mol. The van der Waals surface area contributed by atoms with Crippen LogP contribution in [0, 0.1) is 6.92 Å². The fraction of sp³-hybridized carbons (Fsp3) is 0.333. The fourth-order valence-corrected chi connectivity index (χ4v) is 2.75. The molecule has 0 radical (unpaired) electrons. The van der Waals surface area contributed by atoms with Crippen LogP contribution in [0.15, 0.2) is 48.5 Å². The van der Waals surface area contributed by atoms with Crippen molar-refractivity contribution in [2.45, 2.75) is 33.4 Å². The van der Waals surface area contributed by atoms with Crippen LogP contribution in [0.3, 0.4) is 0 Å². The molecule has 0 heterocycles. The maximum Gasteiger partial charge on any atom is 0.222 e. The Kier molecular flexibility index (Phi) is 7.21. The minimum Gasteiger partial charge on any atom is -0.496 e. The van der Waals surface area contributed by atoms with E-state index in [0.29, 0.717) is 19.6 Å². The average Bonchev–Trinajstić information content (AvgIpc) is 2.63. The van der Waals surface area contributed by atoms with Crippen LogP contribution in [0.5, 0.6) is 5.75 Å². The van der Waals surface area contributed by atoms with Crippen molar-refractivity contribution < 1.29 is 14.3 Å². The van der Waals surface area contributed by atoms with E-state index in [4.69, 9.17) is 4.74 Å². The van der Waals surface area contributed by atoms with E-state index in [0.717, 1.165) is 22.4 Å². The molecule has 0 fully saturated rings. The molecule has 0 atom stereocenters. The lowest BCUT2D eigenvalue weighted by Crippen LogP contribution is -2.33. The summed E-state index contributed by atoms with van der Waals surface area (Å²) < 4.78 is 5.28. The minimum atomic E-state index is -0.0913. The first-order chi connectivity index (χ1) is 12.5. The van der Waals surface area contributed by atoms with Gasteiger partial charge in [0, 0.05) is 38.5 Å². The lowest BCUT2D eigenvalue weighted by Gasteiger charge is -2.21. The molecular formula is C21H26N2O3. The minimum absolute atomic E-state index is 0.0379. The molecule has 0 aliphatic heterocycles. The largest absolute Gasteiger partial charge is 0.496 e. The van der Waals surface area contributed by atoms with Gasteiger partial charge < -0.3 is 15.0 Å². The van der Waals surface area contributed by atoms with Crippen molar-refractivity contribution in [2.24, 2.45) is 0 Å². The van der Waals surface area contributed by atoms with Crippen molar-refractivity contribution in [3.63, 3.8) is 0 Å². The van der Waals surface area contributed by atoms with Gasteiger partial charge in [0.25, 0.3) is 0 Å². The number of carbonyl (C=O) groups is 2. The Hall–Kier alpha value is -2.82. The van der Waals surface area contributed by atoms with E-state index in [9.17, 15) is 9.59 Å². The van der Waals surface area contributed by atoms with Gasteiger partial charge in [-0.15, -0.1) is 0 Å². The van der Waals surface area contributed by atoms with Gasteiger partial charge in [0.2, 0.25) is 11.8 Å². The summed E-state index contributed by atoms with van der Waals surface area (Å²) in [4.78, 5) is 25.7. The van der Waals surface area contributed by atoms with Gasteiger partial charge in [-0.05, 0) is 18.6 Å². The van der Waals surface area contributed by atoms with Gasteiger partial charge in [-0.3, -0.25) is 9.59 Å². The molecule has 5 heteroatoms. The zero-order chi connectivity index (χ0) is 18.9. The normalized spacial score (nSPS) is 10.3. The number of para-hydroxylation sites is 1. The molecule has 0 aromatic heterocycles. The van der Waals surface area contributed by atoms with E-state index < -0.39 is 0 Å². The molecule has 0 saturated heterocycles. The van der Waals surface area contributed by atoms with E-state index in [2.05, 4.69) is 11.4 Å². The highest BCUT2D eigenvalue weighted by Crippen LogP contribution is 2.16. The Labute approximate surface area is 155 Å². The Bertz CT molecular complexity index is 758. The first-order valence-electron chi connectivity index (χ1n) is 8.69. The quantitative estimate of drug-likeness (QED) is 0.793. The van der Waals surface area contributed by atoms with Crippen LogP contribution < -0.4 is 10.1 Å². The molecule has 5 nitrogen and oxygen atoms in total. The molecular weight excluding hydrogens is 328 g/mol. The van der Waals surface area contributed by atoms with Crippen LogP contribution in [0.4, 0.5) is 0 Å². The van der Waals surface area contributed by atoms with Gasteiger partial charge in [-0.25, -0.2) is 0 Å². The SMILES string of the molecule is COc1ccccc1CNC(=O)CCN(Cc1cccc(C)c1)C(C)=O. The maximum atomic E-state index is 12.2. The second kappa shape index (κ2) is 9.61. The predicted octanol–water partition coefficient (Wildman–Crippen LogP) is 3.06. The van der Waals surface area contributed by atoms with Crippen molar-refractivity contribution in [3.8, 4) is 5.75 Å². The summed E-state index contributed by atoms with van der Waals surface area (Å²) in [6.07, 6.45) is 0.264. The van der Waals surface area contributed by atoms with Gasteiger partial charge in [0.15, 0.2) is 0 Å². The summed E-state index contributed by atoms with van der Waals surface area (Å²) in [5, 5.41) is 2.88.